The lowest BCUT2D eigenvalue weighted by molar-refractivity contribution is -0.0498. The molecule has 1 N–H and O–H groups in total. The molecule has 2 aromatic carbocycles. The summed E-state index contributed by atoms with van der Waals surface area (Å²) >= 11 is 3.37. The maximum atomic E-state index is 12.5. The highest BCUT2D eigenvalue weighted by Gasteiger charge is 2.16. The standard InChI is InChI=1S/C18H15BrF2N4O2/c1-10-9-12(19)3-8-15(10)23-17(26)16-22-11(2)25(24-16)13-4-6-14(7-5-13)27-18(20)21/h3-9,18H,1-2H3,(H,23,26). The van der Waals surface area contributed by atoms with Crippen LogP contribution in [0.15, 0.2) is 46.9 Å². The fourth-order valence-electron chi connectivity index (χ4n) is 2.45. The summed E-state index contributed by atoms with van der Waals surface area (Å²) in [5.74, 6) is 0.0769. The predicted molar refractivity (Wildman–Crippen MR) is 99.6 cm³/mol. The molecule has 3 rings (SSSR count). The predicted octanol–water partition coefficient (Wildman–Crippen LogP) is 4.50. The summed E-state index contributed by atoms with van der Waals surface area (Å²) in [5.41, 5.74) is 2.12. The van der Waals surface area contributed by atoms with E-state index in [1.54, 1.807) is 25.1 Å². The van der Waals surface area contributed by atoms with E-state index >= 15 is 0 Å². The van der Waals surface area contributed by atoms with Crippen molar-refractivity contribution in [3.8, 4) is 11.4 Å². The Morgan fingerprint density at radius 1 is 1.19 bits per heavy atom. The number of halogens is 3. The minimum absolute atomic E-state index is 0.00252. The fourth-order valence-corrected chi connectivity index (χ4v) is 2.92. The Hall–Kier alpha value is -2.81. The van der Waals surface area contributed by atoms with Crippen LogP contribution in [-0.4, -0.2) is 27.3 Å². The first kappa shape index (κ1) is 19.0. The van der Waals surface area contributed by atoms with Crippen LogP contribution in [0.25, 0.3) is 5.69 Å². The van der Waals surface area contributed by atoms with Gasteiger partial charge in [-0.25, -0.2) is 9.67 Å². The van der Waals surface area contributed by atoms with E-state index in [2.05, 4.69) is 36.1 Å². The SMILES string of the molecule is Cc1cc(Br)ccc1NC(=O)c1nc(C)n(-c2ccc(OC(F)F)cc2)n1. The minimum Gasteiger partial charge on any atom is -0.435 e. The summed E-state index contributed by atoms with van der Waals surface area (Å²) in [5, 5.41) is 6.98. The Kier molecular flexibility index (Phi) is 5.50. The summed E-state index contributed by atoms with van der Waals surface area (Å²) in [7, 11) is 0. The number of alkyl halides is 2. The van der Waals surface area contributed by atoms with Crippen LogP contribution in [0.1, 0.15) is 22.0 Å². The minimum atomic E-state index is -2.89. The van der Waals surface area contributed by atoms with Crippen LogP contribution in [0.5, 0.6) is 5.75 Å². The first-order valence-corrected chi connectivity index (χ1v) is 8.69. The van der Waals surface area contributed by atoms with Crippen LogP contribution >= 0.6 is 15.9 Å². The van der Waals surface area contributed by atoms with E-state index < -0.39 is 12.5 Å². The third kappa shape index (κ3) is 4.48. The van der Waals surface area contributed by atoms with Crippen LogP contribution in [-0.2, 0) is 0 Å². The second-order valence-corrected chi connectivity index (χ2v) is 6.60. The number of rotatable bonds is 5. The summed E-state index contributed by atoms with van der Waals surface area (Å²) in [6.45, 7) is 0.681. The Bertz CT molecular complexity index is 974. The average Bonchev–Trinajstić information content (AvgIpc) is 2.99. The van der Waals surface area contributed by atoms with Gasteiger partial charge in [0, 0.05) is 10.2 Å². The van der Waals surface area contributed by atoms with Crippen molar-refractivity contribution in [2.75, 3.05) is 5.32 Å². The van der Waals surface area contributed by atoms with Crippen molar-refractivity contribution in [1.29, 1.82) is 0 Å². The summed E-state index contributed by atoms with van der Waals surface area (Å²) in [4.78, 5) is 16.6. The zero-order valence-electron chi connectivity index (χ0n) is 14.4. The highest BCUT2D eigenvalue weighted by Crippen LogP contribution is 2.21. The molecule has 0 atom stereocenters. The monoisotopic (exact) mass is 436 g/mol. The lowest BCUT2D eigenvalue weighted by atomic mass is 10.2. The molecule has 1 amide bonds. The second-order valence-electron chi connectivity index (χ2n) is 5.68. The molecule has 0 aliphatic heterocycles. The molecular formula is C18H15BrF2N4O2. The van der Waals surface area contributed by atoms with E-state index in [1.165, 1.54) is 16.8 Å². The lowest BCUT2D eigenvalue weighted by Gasteiger charge is -2.07. The molecule has 9 heteroatoms. The number of nitrogens with one attached hydrogen (secondary N) is 1. The van der Waals surface area contributed by atoms with E-state index in [1.807, 2.05) is 19.1 Å². The number of aromatic nitrogens is 3. The number of benzene rings is 2. The topological polar surface area (TPSA) is 69.0 Å². The van der Waals surface area contributed by atoms with Gasteiger partial charge in [-0.05, 0) is 61.9 Å². The molecule has 6 nitrogen and oxygen atoms in total. The van der Waals surface area contributed by atoms with Gasteiger partial charge < -0.3 is 10.1 Å². The summed E-state index contributed by atoms with van der Waals surface area (Å²) in [6.07, 6.45) is 0. The molecule has 0 radical (unpaired) electrons. The lowest BCUT2D eigenvalue weighted by Crippen LogP contribution is -2.15. The van der Waals surface area contributed by atoms with Crippen LogP contribution < -0.4 is 10.1 Å². The van der Waals surface area contributed by atoms with Gasteiger partial charge in [0.15, 0.2) is 0 Å². The number of amides is 1. The quantitative estimate of drug-likeness (QED) is 0.639. The molecule has 0 fully saturated rings. The molecule has 140 valence electrons. The van der Waals surface area contributed by atoms with Gasteiger partial charge >= 0.3 is 6.61 Å². The number of anilines is 1. The number of ether oxygens (including phenoxy) is 1. The molecule has 1 aromatic heterocycles. The first-order valence-electron chi connectivity index (χ1n) is 7.90. The summed E-state index contributed by atoms with van der Waals surface area (Å²) < 4.78 is 31.2. The van der Waals surface area contributed by atoms with E-state index in [-0.39, 0.29) is 11.6 Å². The highest BCUT2D eigenvalue weighted by molar-refractivity contribution is 9.10. The van der Waals surface area contributed by atoms with Gasteiger partial charge in [-0.1, -0.05) is 15.9 Å². The number of hydrogen-bond donors (Lipinski definition) is 1. The highest BCUT2D eigenvalue weighted by atomic mass is 79.9. The van der Waals surface area contributed by atoms with Crippen molar-refractivity contribution in [3.63, 3.8) is 0 Å². The first-order chi connectivity index (χ1) is 12.8. The number of carbonyl (C=O) groups is 1. The Morgan fingerprint density at radius 3 is 2.52 bits per heavy atom. The molecule has 1 heterocycles. The molecule has 0 unspecified atom stereocenters. The molecule has 0 aliphatic rings. The molecule has 3 aromatic rings. The van der Waals surface area contributed by atoms with Crippen molar-refractivity contribution in [2.24, 2.45) is 0 Å². The molecule has 0 spiro atoms. The number of nitrogens with zero attached hydrogens (tertiary/aromatic N) is 3. The van der Waals surface area contributed by atoms with Crippen molar-refractivity contribution < 1.29 is 18.3 Å². The average molecular weight is 437 g/mol. The van der Waals surface area contributed by atoms with E-state index in [9.17, 15) is 13.6 Å². The third-order valence-electron chi connectivity index (χ3n) is 3.72. The van der Waals surface area contributed by atoms with E-state index in [4.69, 9.17) is 0 Å². The van der Waals surface area contributed by atoms with Crippen molar-refractivity contribution in [3.05, 3.63) is 64.1 Å². The summed E-state index contributed by atoms with van der Waals surface area (Å²) in [6, 6.07) is 11.4. The number of hydrogen-bond acceptors (Lipinski definition) is 4. The fraction of sp³-hybridized carbons (Fsp3) is 0.167. The Morgan fingerprint density at radius 2 is 1.89 bits per heavy atom. The largest absolute Gasteiger partial charge is 0.435 e. The van der Waals surface area contributed by atoms with Crippen molar-refractivity contribution >= 4 is 27.5 Å². The zero-order chi connectivity index (χ0) is 19.6. The van der Waals surface area contributed by atoms with Crippen molar-refractivity contribution in [2.45, 2.75) is 20.5 Å². The molecule has 0 aliphatic carbocycles. The molecule has 0 saturated heterocycles. The third-order valence-corrected chi connectivity index (χ3v) is 4.21. The number of carbonyl (C=O) groups excluding carboxylic acids is 1. The van der Waals surface area contributed by atoms with Crippen LogP contribution in [0, 0.1) is 13.8 Å². The van der Waals surface area contributed by atoms with Gasteiger partial charge in [0.25, 0.3) is 5.91 Å². The molecule has 0 bridgehead atoms. The van der Waals surface area contributed by atoms with Gasteiger partial charge in [0.05, 0.1) is 5.69 Å². The second kappa shape index (κ2) is 7.83. The molecular weight excluding hydrogens is 422 g/mol. The van der Waals surface area contributed by atoms with Crippen LogP contribution in [0.3, 0.4) is 0 Å². The van der Waals surface area contributed by atoms with Crippen molar-refractivity contribution in [1.82, 2.24) is 14.8 Å². The number of aryl methyl sites for hydroxylation is 2. The van der Waals surface area contributed by atoms with Gasteiger partial charge in [-0.3, -0.25) is 4.79 Å². The van der Waals surface area contributed by atoms with Crippen LogP contribution in [0.4, 0.5) is 14.5 Å². The Balaban J connectivity index is 1.80. The smallest absolute Gasteiger partial charge is 0.387 e. The van der Waals surface area contributed by atoms with Gasteiger partial charge in [-0.15, -0.1) is 5.10 Å². The van der Waals surface area contributed by atoms with E-state index in [0.717, 1.165) is 10.0 Å². The normalized spacial score (nSPS) is 10.9. The zero-order valence-corrected chi connectivity index (χ0v) is 16.0. The Labute approximate surface area is 162 Å². The maximum absolute atomic E-state index is 12.5. The van der Waals surface area contributed by atoms with Gasteiger partial charge in [0.1, 0.15) is 11.6 Å². The van der Waals surface area contributed by atoms with E-state index in [0.29, 0.717) is 17.2 Å². The molecule has 27 heavy (non-hydrogen) atoms. The maximum Gasteiger partial charge on any atom is 0.387 e. The van der Waals surface area contributed by atoms with Gasteiger partial charge in [-0.2, -0.15) is 8.78 Å². The van der Waals surface area contributed by atoms with Crippen LogP contribution in [0.2, 0.25) is 0 Å². The molecule has 0 saturated carbocycles. The van der Waals surface area contributed by atoms with Gasteiger partial charge in [0.2, 0.25) is 5.82 Å².